The van der Waals surface area contributed by atoms with Crippen LogP contribution in [0.4, 0.5) is 5.69 Å². The number of anilines is 1. The van der Waals surface area contributed by atoms with Gasteiger partial charge in [-0.05, 0) is 44.2 Å². The molecule has 2 aliphatic heterocycles. The van der Waals surface area contributed by atoms with Gasteiger partial charge in [-0.2, -0.15) is 0 Å². The van der Waals surface area contributed by atoms with Crippen molar-refractivity contribution >= 4 is 17.5 Å². The molecule has 0 radical (unpaired) electrons. The van der Waals surface area contributed by atoms with Gasteiger partial charge in [0, 0.05) is 48.6 Å². The molecule has 7 heteroatoms. The molecule has 32 heavy (non-hydrogen) atoms. The summed E-state index contributed by atoms with van der Waals surface area (Å²) < 4.78 is 2.23. The maximum Gasteiger partial charge on any atom is 0.227 e. The lowest BCUT2D eigenvalue weighted by Gasteiger charge is -2.35. The molecule has 1 fully saturated rings. The number of rotatable bonds is 3. The van der Waals surface area contributed by atoms with Crippen LogP contribution in [0.2, 0.25) is 0 Å². The number of amides is 2. The molecule has 3 heterocycles. The highest BCUT2D eigenvalue weighted by Crippen LogP contribution is 2.29. The van der Waals surface area contributed by atoms with E-state index in [0.717, 1.165) is 54.3 Å². The Morgan fingerprint density at radius 3 is 2.50 bits per heavy atom. The van der Waals surface area contributed by atoms with Crippen molar-refractivity contribution in [1.82, 2.24) is 19.7 Å². The quantitative estimate of drug-likeness (QED) is 0.780. The third kappa shape index (κ3) is 4.71. The van der Waals surface area contributed by atoms with Crippen molar-refractivity contribution in [2.75, 3.05) is 18.4 Å². The summed E-state index contributed by atoms with van der Waals surface area (Å²) in [7, 11) is 0. The highest BCUT2D eigenvalue weighted by atomic mass is 16.2. The minimum absolute atomic E-state index is 0.0354. The van der Waals surface area contributed by atoms with Crippen LogP contribution in [-0.2, 0) is 22.6 Å². The van der Waals surface area contributed by atoms with Crippen molar-refractivity contribution in [3.8, 4) is 11.4 Å². The van der Waals surface area contributed by atoms with Crippen LogP contribution in [0.25, 0.3) is 11.4 Å². The van der Waals surface area contributed by atoms with E-state index in [1.165, 1.54) is 6.42 Å². The van der Waals surface area contributed by atoms with Crippen LogP contribution in [0.3, 0.4) is 0 Å². The Morgan fingerprint density at radius 1 is 1.03 bits per heavy atom. The van der Waals surface area contributed by atoms with Gasteiger partial charge in [0.2, 0.25) is 11.8 Å². The van der Waals surface area contributed by atoms with E-state index in [1.54, 1.807) is 0 Å². The summed E-state index contributed by atoms with van der Waals surface area (Å²) in [4.78, 5) is 27.4. The minimum Gasteiger partial charge on any atom is -0.342 e. The molecule has 0 spiro atoms. The molecule has 1 saturated heterocycles. The summed E-state index contributed by atoms with van der Waals surface area (Å²) in [5.41, 5.74) is 2.45. The summed E-state index contributed by atoms with van der Waals surface area (Å²) in [5.74, 6) is 2.05. The van der Waals surface area contributed by atoms with Crippen LogP contribution in [0.15, 0.2) is 18.2 Å². The van der Waals surface area contributed by atoms with Crippen LogP contribution < -0.4 is 5.32 Å². The van der Waals surface area contributed by atoms with Gasteiger partial charge in [0.25, 0.3) is 0 Å². The molecule has 172 valence electrons. The molecule has 1 N–H and O–H groups in total. The maximum atomic E-state index is 13.0. The van der Waals surface area contributed by atoms with E-state index in [4.69, 9.17) is 0 Å². The Morgan fingerprint density at radius 2 is 1.78 bits per heavy atom. The molecule has 4 rings (SSSR count). The molecular weight excluding hydrogens is 402 g/mol. The van der Waals surface area contributed by atoms with Gasteiger partial charge < -0.3 is 14.8 Å². The van der Waals surface area contributed by atoms with E-state index in [9.17, 15) is 9.59 Å². The number of hydrogen-bond donors (Lipinski definition) is 1. The number of hydrogen-bond acceptors (Lipinski definition) is 4. The molecule has 2 aromatic rings. The molecular formula is C25H35N5O2. The summed E-state index contributed by atoms with van der Waals surface area (Å²) in [6.07, 6.45) is 5.89. The third-order valence-corrected chi connectivity index (χ3v) is 6.66. The van der Waals surface area contributed by atoms with Crippen LogP contribution in [0.5, 0.6) is 0 Å². The zero-order valence-corrected chi connectivity index (χ0v) is 19.8. The van der Waals surface area contributed by atoms with E-state index in [-0.39, 0.29) is 23.1 Å². The molecule has 1 aromatic heterocycles. The van der Waals surface area contributed by atoms with Gasteiger partial charge in [0.1, 0.15) is 5.82 Å². The number of benzene rings is 1. The Labute approximate surface area is 190 Å². The van der Waals surface area contributed by atoms with Crippen molar-refractivity contribution in [1.29, 1.82) is 0 Å². The zero-order valence-electron chi connectivity index (χ0n) is 19.8. The molecule has 0 aliphatic carbocycles. The van der Waals surface area contributed by atoms with E-state index < -0.39 is 0 Å². The lowest BCUT2D eigenvalue weighted by molar-refractivity contribution is -0.142. The Balaban J connectivity index is 1.45. The molecule has 7 nitrogen and oxygen atoms in total. The summed E-state index contributed by atoms with van der Waals surface area (Å²) in [6, 6.07) is 6.12. The third-order valence-electron chi connectivity index (χ3n) is 6.66. The summed E-state index contributed by atoms with van der Waals surface area (Å²) in [6.45, 7) is 10.1. The lowest BCUT2D eigenvalue weighted by atomic mass is 9.90. The number of piperidine rings is 1. The normalized spacial score (nSPS) is 17.6. The molecule has 0 bridgehead atoms. The van der Waals surface area contributed by atoms with Crippen molar-refractivity contribution in [2.45, 2.75) is 72.8 Å². The molecule has 1 aromatic carbocycles. The topological polar surface area (TPSA) is 80.1 Å². The second kappa shape index (κ2) is 9.04. The summed E-state index contributed by atoms with van der Waals surface area (Å²) in [5, 5.41) is 12.0. The van der Waals surface area contributed by atoms with Crippen LogP contribution in [-0.4, -0.2) is 44.6 Å². The number of aromatic nitrogens is 3. The molecule has 0 atom stereocenters. The lowest BCUT2D eigenvalue weighted by Crippen LogP contribution is -2.45. The fourth-order valence-electron chi connectivity index (χ4n) is 4.65. The van der Waals surface area contributed by atoms with Gasteiger partial charge in [-0.1, -0.05) is 39.3 Å². The van der Waals surface area contributed by atoms with Gasteiger partial charge in [-0.3, -0.25) is 9.59 Å². The van der Waals surface area contributed by atoms with Crippen LogP contribution in [0, 0.1) is 18.3 Å². The van der Waals surface area contributed by atoms with Crippen molar-refractivity contribution in [3.63, 3.8) is 0 Å². The molecule has 2 aliphatic rings. The Hall–Kier alpha value is -2.70. The summed E-state index contributed by atoms with van der Waals surface area (Å²) >= 11 is 0. The monoisotopic (exact) mass is 437 g/mol. The highest BCUT2D eigenvalue weighted by Gasteiger charge is 2.32. The van der Waals surface area contributed by atoms with Crippen LogP contribution in [0.1, 0.15) is 64.3 Å². The van der Waals surface area contributed by atoms with Crippen molar-refractivity contribution < 1.29 is 9.59 Å². The van der Waals surface area contributed by atoms with Gasteiger partial charge in [-0.15, -0.1) is 10.2 Å². The van der Waals surface area contributed by atoms with Crippen LogP contribution >= 0.6 is 0 Å². The maximum absolute atomic E-state index is 13.0. The fraction of sp³-hybridized carbons (Fsp3) is 0.600. The second-order valence-electron chi connectivity index (χ2n) is 10.2. The van der Waals surface area contributed by atoms with E-state index in [0.29, 0.717) is 25.9 Å². The first-order valence-electron chi connectivity index (χ1n) is 11.9. The van der Waals surface area contributed by atoms with E-state index in [2.05, 4.69) is 26.1 Å². The van der Waals surface area contributed by atoms with Gasteiger partial charge in [0.15, 0.2) is 5.82 Å². The first kappa shape index (κ1) is 22.5. The number of carbonyl (C=O) groups excluding carboxylic acids is 2. The molecule has 2 amide bonds. The number of nitrogens with one attached hydrogen (secondary N) is 1. The fourth-order valence-corrected chi connectivity index (χ4v) is 4.65. The van der Waals surface area contributed by atoms with Gasteiger partial charge >= 0.3 is 0 Å². The SMILES string of the molecule is Cc1ccc(-c2nnc3n2CCCCC3)cc1NC(=O)C1CCN(C(=O)C(C)(C)C)CC1. The van der Waals surface area contributed by atoms with E-state index in [1.807, 2.05) is 44.7 Å². The number of fused-ring (bicyclic) bond motifs is 1. The van der Waals surface area contributed by atoms with Gasteiger partial charge in [-0.25, -0.2) is 0 Å². The molecule has 0 saturated carbocycles. The van der Waals surface area contributed by atoms with Crippen molar-refractivity contribution in [3.05, 3.63) is 29.6 Å². The number of likely N-dealkylation sites (tertiary alicyclic amines) is 1. The average molecular weight is 438 g/mol. The highest BCUT2D eigenvalue weighted by molar-refractivity contribution is 5.94. The number of nitrogens with zero attached hydrogens (tertiary/aromatic N) is 4. The first-order chi connectivity index (χ1) is 15.2. The zero-order chi connectivity index (χ0) is 22.9. The van der Waals surface area contributed by atoms with E-state index >= 15 is 0 Å². The number of carbonyl (C=O) groups is 2. The molecule has 0 unspecified atom stereocenters. The standard InChI is InChI=1S/C25H35N5O2/c1-17-9-10-19(22-28-27-21-8-6-5-7-13-30(21)22)16-20(17)26-23(31)18-11-14-29(15-12-18)24(32)25(2,3)4/h9-10,16,18H,5-8,11-15H2,1-4H3,(H,26,31). The Bertz CT molecular complexity index is 996. The average Bonchev–Trinajstić information content (AvgIpc) is 3.02. The number of aryl methyl sites for hydroxylation is 2. The predicted octanol–water partition coefficient (Wildman–Crippen LogP) is 4.20. The Kier molecular flexibility index (Phi) is 6.35. The second-order valence-corrected chi connectivity index (χ2v) is 10.2. The smallest absolute Gasteiger partial charge is 0.227 e. The largest absolute Gasteiger partial charge is 0.342 e. The minimum atomic E-state index is -0.382. The van der Waals surface area contributed by atoms with Gasteiger partial charge in [0.05, 0.1) is 0 Å². The van der Waals surface area contributed by atoms with Crippen molar-refractivity contribution in [2.24, 2.45) is 11.3 Å². The predicted molar refractivity (Wildman–Crippen MR) is 125 cm³/mol. The first-order valence-corrected chi connectivity index (χ1v) is 11.9.